The monoisotopic (exact) mass is 196 g/mol. The quantitative estimate of drug-likeness (QED) is 0.563. The normalized spacial score (nSPS) is 10.5. The van der Waals surface area contributed by atoms with E-state index in [1.54, 1.807) is 18.2 Å². The van der Waals surface area contributed by atoms with E-state index >= 15 is 0 Å². The average Bonchev–Trinajstić information content (AvgIpc) is 2.46. The number of aromatic amines is 1. The number of benzene rings is 1. The van der Waals surface area contributed by atoms with Crippen LogP contribution in [0.25, 0.3) is 10.9 Å². The second-order valence-corrected chi connectivity index (χ2v) is 3.08. The van der Waals surface area contributed by atoms with Crippen LogP contribution in [-0.4, -0.2) is 9.91 Å². The summed E-state index contributed by atoms with van der Waals surface area (Å²) < 4.78 is 0. The third-order valence-electron chi connectivity index (χ3n) is 1.77. The standard InChI is InChI=1S/C8H5ClN2O2/c9-6-1-2-7-5(3-6)4-8(10-7)11(12)13/h1-4,10H. The fraction of sp³-hybridized carbons (Fsp3) is 0. The van der Waals surface area contributed by atoms with E-state index < -0.39 is 4.92 Å². The molecule has 0 amide bonds. The fourth-order valence-electron chi connectivity index (χ4n) is 1.19. The molecule has 0 aliphatic heterocycles. The van der Waals surface area contributed by atoms with Gasteiger partial charge in [0.2, 0.25) is 0 Å². The van der Waals surface area contributed by atoms with Gasteiger partial charge < -0.3 is 10.1 Å². The summed E-state index contributed by atoms with van der Waals surface area (Å²) in [6, 6.07) is 6.54. The highest BCUT2D eigenvalue weighted by Crippen LogP contribution is 2.23. The Kier molecular flexibility index (Phi) is 1.70. The molecule has 13 heavy (non-hydrogen) atoms. The molecule has 2 rings (SSSR count). The lowest BCUT2D eigenvalue weighted by Gasteiger charge is -1.85. The van der Waals surface area contributed by atoms with E-state index in [-0.39, 0.29) is 5.82 Å². The first-order valence-corrected chi connectivity index (χ1v) is 3.97. The molecular formula is C8H5ClN2O2. The van der Waals surface area contributed by atoms with Crippen molar-refractivity contribution in [2.45, 2.75) is 0 Å². The van der Waals surface area contributed by atoms with Crippen molar-refractivity contribution in [3.8, 4) is 0 Å². The van der Waals surface area contributed by atoms with E-state index in [1.807, 2.05) is 0 Å². The first-order valence-electron chi connectivity index (χ1n) is 3.59. The molecule has 0 spiro atoms. The van der Waals surface area contributed by atoms with Crippen molar-refractivity contribution in [2.75, 3.05) is 0 Å². The van der Waals surface area contributed by atoms with E-state index in [2.05, 4.69) is 4.98 Å². The van der Waals surface area contributed by atoms with E-state index in [9.17, 15) is 10.1 Å². The molecule has 0 aliphatic carbocycles. The lowest BCUT2D eigenvalue weighted by Crippen LogP contribution is -1.85. The molecule has 4 nitrogen and oxygen atoms in total. The van der Waals surface area contributed by atoms with Gasteiger partial charge in [0.15, 0.2) is 0 Å². The molecular weight excluding hydrogens is 192 g/mol. The molecule has 1 aromatic heterocycles. The van der Waals surface area contributed by atoms with Crippen molar-refractivity contribution < 1.29 is 4.92 Å². The molecule has 0 radical (unpaired) electrons. The van der Waals surface area contributed by atoms with Gasteiger partial charge in [0.05, 0.1) is 0 Å². The number of rotatable bonds is 1. The van der Waals surface area contributed by atoms with Gasteiger partial charge in [-0.2, -0.15) is 0 Å². The predicted molar refractivity (Wildman–Crippen MR) is 50.0 cm³/mol. The Morgan fingerprint density at radius 3 is 2.85 bits per heavy atom. The van der Waals surface area contributed by atoms with Crippen molar-refractivity contribution in [1.82, 2.24) is 4.98 Å². The topological polar surface area (TPSA) is 58.9 Å². The van der Waals surface area contributed by atoms with Crippen LogP contribution in [0.2, 0.25) is 5.02 Å². The van der Waals surface area contributed by atoms with Crippen molar-refractivity contribution >= 4 is 28.3 Å². The van der Waals surface area contributed by atoms with Crippen LogP contribution in [0.5, 0.6) is 0 Å². The molecule has 0 atom stereocenters. The van der Waals surface area contributed by atoms with Crippen molar-refractivity contribution in [1.29, 1.82) is 0 Å². The van der Waals surface area contributed by atoms with Crippen LogP contribution in [0, 0.1) is 10.1 Å². The Morgan fingerprint density at radius 2 is 2.15 bits per heavy atom. The van der Waals surface area contributed by atoms with Gasteiger partial charge in [-0.3, -0.25) is 0 Å². The van der Waals surface area contributed by atoms with Crippen LogP contribution in [0.3, 0.4) is 0 Å². The molecule has 0 bridgehead atoms. The van der Waals surface area contributed by atoms with Crippen LogP contribution in [0.1, 0.15) is 0 Å². The zero-order valence-electron chi connectivity index (χ0n) is 6.45. The summed E-state index contributed by atoms with van der Waals surface area (Å²) in [5.74, 6) is -0.0164. The first-order chi connectivity index (χ1) is 6.16. The van der Waals surface area contributed by atoms with Gasteiger partial charge >= 0.3 is 5.82 Å². The highest BCUT2D eigenvalue weighted by molar-refractivity contribution is 6.31. The number of nitrogens with zero attached hydrogens (tertiary/aromatic N) is 1. The van der Waals surface area contributed by atoms with E-state index in [1.165, 1.54) is 6.07 Å². The average molecular weight is 197 g/mol. The molecule has 1 N–H and O–H groups in total. The minimum absolute atomic E-state index is 0.0164. The van der Waals surface area contributed by atoms with Gasteiger partial charge in [0.1, 0.15) is 5.52 Å². The fourth-order valence-corrected chi connectivity index (χ4v) is 1.37. The maximum atomic E-state index is 10.4. The van der Waals surface area contributed by atoms with Crippen molar-refractivity contribution in [2.24, 2.45) is 0 Å². The summed E-state index contributed by atoms with van der Waals surface area (Å²) >= 11 is 5.72. The van der Waals surface area contributed by atoms with Crippen molar-refractivity contribution in [3.63, 3.8) is 0 Å². The highest BCUT2D eigenvalue weighted by atomic mass is 35.5. The summed E-state index contributed by atoms with van der Waals surface area (Å²) in [5, 5.41) is 11.7. The third kappa shape index (κ3) is 1.36. The number of halogens is 1. The lowest BCUT2D eigenvalue weighted by atomic mass is 10.2. The van der Waals surface area contributed by atoms with Gasteiger partial charge in [-0.05, 0) is 23.1 Å². The summed E-state index contributed by atoms with van der Waals surface area (Å²) in [6.07, 6.45) is 0. The highest BCUT2D eigenvalue weighted by Gasteiger charge is 2.08. The predicted octanol–water partition coefficient (Wildman–Crippen LogP) is 2.73. The van der Waals surface area contributed by atoms with Gasteiger partial charge in [0.25, 0.3) is 0 Å². The second kappa shape index (κ2) is 2.74. The molecule has 0 unspecified atom stereocenters. The number of aromatic nitrogens is 1. The Morgan fingerprint density at radius 1 is 1.38 bits per heavy atom. The van der Waals surface area contributed by atoms with Crippen LogP contribution >= 0.6 is 11.6 Å². The van der Waals surface area contributed by atoms with Crippen LogP contribution in [-0.2, 0) is 0 Å². The molecule has 0 fully saturated rings. The Labute approximate surface area is 78.3 Å². The number of nitrogens with one attached hydrogen (secondary N) is 1. The summed E-state index contributed by atoms with van der Waals surface area (Å²) in [5.41, 5.74) is 0.719. The Hall–Kier alpha value is -1.55. The summed E-state index contributed by atoms with van der Waals surface area (Å²) in [4.78, 5) is 12.6. The molecule has 1 heterocycles. The van der Waals surface area contributed by atoms with Gasteiger partial charge in [-0.15, -0.1) is 0 Å². The first kappa shape index (κ1) is 8.07. The molecule has 1 aromatic carbocycles. The number of hydrogen-bond donors (Lipinski definition) is 1. The summed E-state index contributed by atoms with van der Waals surface area (Å²) in [7, 11) is 0. The molecule has 0 saturated heterocycles. The zero-order chi connectivity index (χ0) is 9.42. The second-order valence-electron chi connectivity index (χ2n) is 2.64. The Bertz CT molecular complexity index is 478. The largest absolute Gasteiger partial charge is 0.358 e. The molecule has 66 valence electrons. The minimum Gasteiger partial charge on any atom is -0.358 e. The SMILES string of the molecule is O=[N+]([O-])c1cc2cc(Cl)ccc2[nH]1. The van der Waals surface area contributed by atoms with Crippen LogP contribution in [0.4, 0.5) is 5.82 Å². The smallest absolute Gasteiger partial charge is 0.321 e. The van der Waals surface area contributed by atoms with Gasteiger partial charge in [-0.25, -0.2) is 4.98 Å². The molecule has 5 heteroatoms. The molecule has 2 aromatic rings. The van der Waals surface area contributed by atoms with Crippen LogP contribution < -0.4 is 0 Å². The minimum atomic E-state index is -0.464. The van der Waals surface area contributed by atoms with Gasteiger partial charge in [0, 0.05) is 16.5 Å². The molecule has 0 aliphatic rings. The molecule has 0 saturated carbocycles. The lowest BCUT2D eigenvalue weighted by molar-refractivity contribution is -0.389. The number of nitro groups is 1. The maximum absolute atomic E-state index is 10.4. The van der Waals surface area contributed by atoms with E-state index in [4.69, 9.17) is 11.6 Å². The third-order valence-corrected chi connectivity index (χ3v) is 2.00. The Balaban J connectivity index is 2.68. The van der Waals surface area contributed by atoms with E-state index in [0.29, 0.717) is 5.02 Å². The number of hydrogen-bond acceptors (Lipinski definition) is 2. The van der Waals surface area contributed by atoms with Crippen LogP contribution in [0.15, 0.2) is 24.3 Å². The number of fused-ring (bicyclic) bond motifs is 1. The number of H-pyrrole nitrogens is 1. The van der Waals surface area contributed by atoms with E-state index in [0.717, 1.165) is 10.9 Å². The zero-order valence-corrected chi connectivity index (χ0v) is 7.21. The van der Waals surface area contributed by atoms with Gasteiger partial charge in [-0.1, -0.05) is 11.6 Å². The summed E-state index contributed by atoms with van der Waals surface area (Å²) in [6.45, 7) is 0. The maximum Gasteiger partial charge on any atom is 0.321 e. The van der Waals surface area contributed by atoms with Crippen molar-refractivity contribution in [3.05, 3.63) is 39.4 Å².